The number of carbonyl (C=O) groups excluding carboxylic acids is 2. The van der Waals surface area contributed by atoms with Crippen LogP contribution in [0.15, 0.2) is 29.6 Å². The highest BCUT2D eigenvalue weighted by atomic mass is 32.1. The normalized spacial score (nSPS) is 13.4. The number of amides is 2. The molecule has 1 N–H and O–H groups in total. The third-order valence-electron chi connectivity index (χ3n) is 3.73. The van der Waals surface area contributed by atoms with Crippen LogP contribution in [0.4, 0.5) is 0 Å². The summed E-state index contributed by atoms with van der Waals surface area (Å²) in [6, 6.07) is 7.80. The van der Waals surface area contributed by atoms with Gasteiger partial charge in [0.05, 0.1) is 13.7 Å². The van der Waals surface area contributed by atoms with Crippen LogP contribution in [0.3, 0.4) is 0 Å². The van der Waals surface area contributed by atoms with Crippen LogP contribution in [0.5, 0.6) is 5.75 Å². The average Bonchev–Trinajstić information content (AvgIpc) is 3.26. The fraction of sp³-hybridized carbons (Fsp3) is 0.353. The minimum Gasteiger partial charge on any atom is -0.497 e. The fourth-order valence-electron chi connectivity index (χ4n) is 2.22. The highest BCUT2D eigenvalue weighted by Crippen LogP contribution is 2.26. The van der Waals surface area contributed by atoms with Gasteiger partial charge in [-0.1, -0.05) is 0 Å². The van der Waals surface area contributed by atoms with Gasteiger partial charge in [0.1, 0.15) is 16.5 Å². The molecule has 0 radical (unpaired) electrons. The van der Waals surface area contributed by atoms with Gasteiger partial charge in [-0.15, -0.1) is 11.3 Å². The zero-order chi connectivity index (χ0) is 17.1. The molecule has 6 nitrogen and oxygen atoms in total. The molecule has 3 rings (SSSR count). The maximum Gasteiger partial charge on any atom is 0.273 e. The number of hydrogen-bond acceptors (Lipinski definition) is 5. The van der Waals surface area contributed by atoms with E-state index in [0.29, 0.717) is 11.7 Å². The van der Waals surface area contributed by atoms with Gasteiger partial charge in [-0.2, -0.15) is 0 Å². The first-order valence-electron chi connectivity index (χ1n) is 7.71. The van der Waals surface area contributed by atoms with Crippen molar-refractivity contribution in [3.8, 4) is 16.3 Å². The summed E-state index contributed by atoms with van der Waals surface area (Å²) in [5.74, 6) is 0.393. The van der Waals surface area contributed by atoms with E-state index in [4.69, 9.17) is 4.74 Å². The molecule has 0 spiro atoms. The van der Waals surface area contributed by atoms with Crippen LogP contribution >= 0.6 is 11.3 Å². The van der Waals surface area contributed by atoms with Crippen molar-refractivity contribution in [3.05, 3.63) is 35.3 Å². The third kappa shape index (κ3) is 3.91. The van der Waals surface area contributed by atoms with Gasteiger partial charge in [-0.3, -0.25) is 9.59 Å². The smallest absolute Gasteiger partial charge is 0.273 e. The predicted molar refractivity (Wildman–Crippen MR) is 92.2 cm³/mol. The van der Waals surface area contributed by atoms with Crippen LogP contribution in [-0.2, 0) is 4.79 Å². The van der Waals surface area contributed by atoms with Gasteiger partial charge in [-0.25, -0.2) is 4.98 Å². The SMILES string of the molecule is COc1ccc(-c2nc(C(=O)N(C)CC(=O)NC3CC3)cs2)cc1. The van der Waals surface area contributed by atoms with Gasteiger partial charge >= 0.3 is 0 Å². The van der Waals surface area contributed by atoms with Gasteiger partial charge in [0.25, 0.3) is 5.91 Å². The van der Waals surface area contributed by atoms with Crippen LogP contribution in [0.1, 0.15) is 23.3 Å². The summed E-state index contributed by atoms with van der Waals surface area (Å²) >= 11 is 1.40. The molecule has 1 aromatic heterocycles. The lowest BCUT2D eigenvalue weighted by molar-refractivity contribution is -0.121. The minimum absolute atomic E-state index is 0.0464. The molecule has 1 aliphatic rings. The van der Waals surface area contributed by atoms with Crippen LogP contribution in [0.2, 0.25) is 0 Å². The predicted octanol–water partition coefficient (Wildman–Crippen LogP) is 2.17. The van der Waals surface area contributed by atoms with Crippen molar-refractivity contribution in [2.45, 2.75) is 18.9 Å². The third-order valence-corrected chi connectivity index (χ3v) is 4.62. The molecule has 0 aliphatic heterocycles. The van der Waals surface area contributed by atoms with Gasteiger partial charge < -0.3 is 15.0 Å². The lowest BCUT2D eigenvalue weighted by atomic mass is 10.2. The van der Waals surface area contributed by atoms with E-state index in [1.54, 1.807) is 19.5 Å². The quantitative estimate of drug-likeness (QED) is 0.871. The van der Waals surface area contributed by atoms with Gasteiger partial charge in [0.2, 0.25) is 5.91 Å². The summed E-state index contributed by atoms with van der Waals surface area (Å²) in [6.45, 7) is 0.0464. The average molecular weight is 345 g/mol. The molecular formula is C17H19N3O3S. The standard InChI is InChI=1S/C17H19N3O3S/c1-20(9-15(21)18-12-5-6-12)17(22)14-10-24-16(19-14)11-3-7-13(23-2)8-4-11/h3-4,7-8,10,12H,5-6,9H2,1-2H3,(H,18,21). The van der Waals surface area contributed by atoms with Crippen LogP contribution in [0, 0.1) is 0 Å². The summed E-state index contributed by atoms with van der Waals surface area (Å²) in [4.78, 5) is 30.0. The molecule has 0 atom stereocenters. The van der Waals surface area contributed by atoms with Crippen molar-refractivity contribution in [1.29, 1.82) is 0 Å². The van der Waals surface area contributed by atoms with Crippen LogP contribution < -0.4 is 10.1 Å². The van der Waals surface area contributed by atoms with E-state index in [1.807, 2.05) is 24.3 Å². The number of methoxy groups -OCH3 is 1. The molecule has 126 valence electrons. The molecule has 0 unspecified atom stereocenters. The van der Waals surface area contributed by atoms with E-state index in [-0.39, 0.29) is 18.4 Å². The van der Waals surface area contributed by atoms with Crippen molar-refractivity contribution in [2.75, 3.05) is 20.7 Å². The monoisotopic (exact) mass is 345 g/mol. The van der Waals surface area contributed by atoms with Crippen LogP contribution in [-0.4, -0.2) is 48.4 Å². The summed E-state index contributed by atoms with van der Waals surface area (Å²) in [5, 5.41) is 5.35. The number of ether oxygens (including phenoxy) is 1. The highest BCUT2D eigenvalue weighted by Gasteiger charge is 2.25. The number of likely N-dealkylation sites (N-methyl/N-ethyl adjacent to an activating group) is 1. The Morgan fingerprint density at radius 3 is 2.67 bits per heavy atom. The second-order valence-electron chi connectivity index (χ2n) is 5.77. The zero-order valence-corrected chi connectivity index (χ0v) is 14.4. The first-order valence-corrected chi connectivity index (χ1v) is 8.59. The summed E-state index contributed by atoms with van der Waals surface area (Å²) in [6.07, 6.45) is 2.06. The lowest BCUT2D eigenvalue weighted by Gasteiger charge is -2.15. The van der Waals surface area contributed by atoms with Gasteiger partial charge in [-0.05, 0) is 37.1 Å². The topological polar surface area (TPSA) is 71.5 Å². The second-order valence-corrected chi connectivity index (χ2v) is 6.63. The zero-order valence-electron chi connectivity index (χ0n) is 13.6. The maximum atomic E-state index is 12.4. The molecule has 0 saturated heterocycles. The summed E-state index contributed by atoms with van der Waals surface area (Å²) in [7, 11) is 3.23. The molecule has 1 fully saturated rings. The van der Waals surface area contributed by atoms with Crippen LogP contribution in [0.25, 0.3) is 10.6 Å². The molecule has 7 heteroatoms. The number of nitrogens with one attached hydrogen (secondary N) is 1. The molecule has 2 aromatic rings. The number of aromatic nitrogens is 1. The molecule has 1 saturated carbocycles. The van der Waals surface area contributed by atoms with Crippen molar-refractivity contribution in [3.63, 3.8) is 0 Å². The van der Waals surface area contributed by atoms with E-state index < -0.39 is 0 Å². The fourth-order valence-corrected chi connectivity index (χ4v) is 3.02. The van der Waals surface area contributed by atoms with E-state index >= 15 is 0 Å². The highest BCUT2D eigenvalue weighted by molar-refractivity contribution is 7.13. The molecule has 2 amide bonds. The summed E-state index contributed by atoms with van der Waals surface area (Å²) < 4.78 is 5.13. The molecule has 1 aromatic carbocycles. The van der Waals surface area contributed by atoms with E-state index in [0.717, 1.165) is 29.2 Å². The number of carbonyl (C=O) groups is 2. The number of rotatable bonds is 6. The van der Waals surface area contributed by atoms with Crippen molar-refractivity contribution >= 4 is 23.2 Å². The Morgan fingerprint density at radius 2 is 2.04 bits per heavy atom. The number of hydrogen-bond donors (Lipinski definition) is 1. The largest absolute Gasteiger partial charge is 0.497 e. The lowest BCUT2D eigenvalue weighted by Crippen LogP contribution is -2.39. The van der Waals surface area contributed by atoms with Gasteiger partial charge in [0, 0.05) is 24.0 Å². The Labute approximate surface area is 144 Å². The molecule has 1 aliphatic carbocycles. The van der Waals surface area contributed by atoms with Gasteiger partial charge in [0.15, 0.2) is 0 Å². The summed E-state index contributed by atoms with van der Waals surface area (Å²) in [5.41, 5.74) is 1.28. The Bertz CT molecular complexity index is 738. The van der Waals surface area contributed by atoms with Crippen molar-refractivity contribution in [2.24, 2.45) is 0 Å². The molecule has 1 heterocycles. The Morgan fingerprint density at radius 1 is 1.33 bits per heavy atom. The minimum atomic E-state index is -0.253. The van der Waals surface area contributed by atoms with Crippen molar-refractivity contribution in [1.82, 2.24) is 15.2 Å². The van der Waals surface area contributed by atoms with E-state index in [9.17, 15) is 9.59 Å². The Balaban J connectivity index is 1.64. The second kappa shape index (κ2) is 7.00. The van der Waals surface area contributed by atoms with Crippen molar-refractivity contribution < 1.29 is 14.3 Å². The number of thiazole rings is 1. The maximum absolute atomic E-state index is 12.4. The Hall–Kier alpha value is -2.41. The molecule has 24 heavy (non-hydrogen) atoms. The number of nitrogens with zero attached hydrogens (tertiary/aromatic N) is 2. The first kappa shape index (κ1) is 16.4. The van der Waals surface area contributed by atoms with E-state index in [2.05, 4.69) is 10.3 Å². The Kier molecular flexibility index (Phi) is 4.80. The van der Waals surface area contributed by atoms with E-state index in [1.165, 1.54) is 16.2 Å². The number of benzene rings is 1. The first-order chi connectivity index (χ1) is 11.6. The molecule has 0 bridgehead atoms. The molecular weight excluding hydrogens is 326 g/mol.